The lowest BCUT2D eigenvalue weighted by Gasteiger charge is -2.63. The monoisotopic (exact) mass is 650 g/mol. The summed E-state index contributed by atoms with van der Waals surface area (Å²) in [7, 11) is 0. The van der Waals surface area contributed by atoms with Crippen LogP contribution in [0, 0.1) is 57.7 Å². The average molecular weight is 651 g/mol. The molecule has 8 rings (SSSR count). The summed E-state index contributed by atoms with van der Waals surface area (Å²) >= 11 is 0. The summed E-state index contributed by atoms with van der Waals surface area (Å²) in [5, 5.41) is 13.0. The molecule has 4 saturated carbocycles. The van der Waals surface area contributed by atoms with E-state index in [-0.39, 0.29) is 29.6 Å². The van der Waals surface area contributed by atoms with Crippen LogP contribution in [-0.4, -0.2) is 36.7 Å². The van der Waals surface area contributed by atoms with Gasteiger partial charge in [-0.2, -0.15) is 0 Å². The zero-order valence-electron chi connectivity index (χ0n) is 29.1. The van der Waals surface area contributed by atoms with Gasteiger partial charge in [-0.3, -0.25) is 4.79 Å². The summed E-state index contributed by atoms with van der Waals surface area (Å²) in [6, 6.07) is 20.3. The van der Waals surface area contributed by atoms with Crippen LogP contribution >= 0.6 is 0 Å². The lowest BCUT2D eigenvalue weighted by Crippen LogP contribution is -2.68. The van der Waals surface area contributed by atoms with Crippen LogP contribution in [0.2, 0.25) is 0 Å². The van der Waals surface area contributed by atoms with Crippen LogP contribution in [0.5, 0.6) is 0 Å². The van der Waals surface area contributed by atoms with E-state index in [1.807, 2.05) is 36.4 Å². The third-order valence-electron chi connectivity index (χ3n) is 14.0. The molecule has 2 aromatic rings. The Bertz CT molecular complexity index is 1490. The molecule has 5 fully saturated rings. The zero-order chi connectivity index (χ0) is 33.3. The highest BCUT2D eigenvalue weighted by molar-refractivity contribution is 5.87. The van der Waals surface area contributed by atoms with E-state index in [1.54, 1.807) is 0 Å². The molecule has 1 aliphatic heterocycles. The predicted octanol–water partition coefficient (Wildman–Crippen LogP) is 8.69. The summed E-state index contributed by atoms with van der Waals surface area (Å²) in [5.74, 6) is 2.04. The van der Waals surface area contributed by atoms with Gasteiger partial charge in [0, 0.05) is 10.8 Å². The van der Waals surface area contributed by atoms with E-state index in [9.17, 15) is 5.11 Å². The Hall–Kier alpha value is -2.73. The Morgan fingerprint density at radius 1 is 0.979 bits per heavy atom. The third-order valence-corrected chi connectivity index (χ3v) is 14.0. The Labute approximate surface area is 287 Å². The van der Waals surface area contributed by atoms with Crippen LogP contribution in [0.4, 0.5) is 0 Å². The first kappa shape index (κ1) is 32.5. The summed E-state index contributed by atoms with van der Waals surface area (Å²) in [6.45, 7) is 12.1. The van der Waals surface area contributed by atoms with Gasteiger partial charge in [-0.05, 0) is 84.7 Å². The smallest absolute Gasteiger partial charge is 0.318 e. The van der Waals surface area contributed by atoms with Crippen LogP contribution < -0.4 is 0 Å². The Balaban J connectivity index is 1.33. The van der Waals surface area contributed by atoms with E-state index >= 15 is 4.79 Å². The number of allylic oxidation sites excluding steroid dienone is 2. The first-order valence-electron chi connectivity index (χ1n) is 18.8. The first-order chi connectivity index (χ1) is 23.3. The molecule has 0 spiro atoms. The number of rotatable bonds is 12. The van der Waals surface area contributed by atoms with E-state index < -0.39 is 34.7 Å². The summed E-state index contributed by atoms with van der Waals surface area (Å²) in [5.41, 5.74) is 0.625. The minimum absolute atomic E-state index is 0.0429. The van der Waals surface area contributed by atoms with Gasteiger partial charge < -0.3 is 19.3 Å². The maximum absolute atomic E-state index is 16.1. The molecule has 0 radical (unpaired) electrons. The van der Waals surface area contributed by atoms with Gasteiger partial charge >= 0.3 is 5.97 Å². The lowest BCUT2D eigenvalue weighted by atomic mass is 9.40. The SMILES string of the molecule is C=C[C@@H](CC1CC1)CC(O)C12C[C@@H]3[C@H](C)CC[C@H]3C3(C4OCCO4)CC1C=C(C(C)C)C23C(=O)OC(c1ccccc1)c1ccccc1. The maximum atomic E-state index is 16.1. The molecule has 1 heterocycles. The molecule has 9 atom stereocenters. The predicted molar refractivity (Wildman–Crippen MR) is 186 cm³/mol. The maximum Gasteiger partial charge on any atom is 0.318 e. The zero-order valence-corrected chi connectivity index (χ0v) is 29.1. The minimum atomic E-state index is -1.08. The highest BCUT2D eigenvalue weighted by Crippen LogP contribution is 2.85. The van der Waals surface area contributed by atoms with E-state index in [4.69, 9.17) is 14.2 Å². The van der Waals surface area contributed by atoms with E-state index in [0.29, 0.717) is 31.5 Å². The number of hydrogen-bond acceptors (Lipinski definition) is 5. The van der Waals surface area contributed by atoms with Crippen molar-refractivity contribution in [1.29, 1.82) is 0 Å². The van der Waals surface area contributed by atoms with Gasteiger partial charge in [-0.1, -0.05) is 118 Å². The second-order valence-electron chi connectivity index (χ2n) is 16.6. The van der Waals surface area contributed by atoms with Crippen LogP contribution in [0.25, 0.3) is 0 Å². The van der Waals surface area contributed by atoms with Gasteiger partial charge in [-0.15, -0.1) is 6.58 Å². The molecular formula is C43H54O5. The Morgan fingerprint density at radius 3 is 2.21 bits per heavy atom. The highest BCUT2D eigenvalue weighted by atomic mass is 16.7. The molecule has 0 amide bonds. The minimum Gasteiger partial charge on any atom is -0.452 e. The molecule has 256 valence electrons. The van der Waals surface area contributed by atoms with E-state index in [2.05, 4.69) is 63.8 Å². The highest BCUT2D eigenvalue weighted by Gasteiger charge is 2.88. The van der Waals surface area contributed by atoms with Crippen LogP contribution in [0.3, 0.4) is 0 Å². The van der Waals surface area contributed by atoms with E-state index in [0.717, 1.165) is 54.7 Å². The van der Waals surface area contributed by atoms with Crippen molar-refractivity contribution in [3.63, 3.8) is 0 Å². The third kappa shape index (κ3) is 4.56. The number of esters is 1. The molecule has 4 bridgehead atoms. The number of hydrogen-bond donors (Lipinski definition) is 1. The molecule has 2 aromatic carbocycles. The van der Waals surface area contributed by atoms with Crippen molar-refractivity contribution in [3.8, 4) is 0 Å². The largest absolute Gasteiger partial charge is 0.452 e. The van der Waals surface area contributed by atoms with Crippen molar-refractivity contribution < 1.29 is 24.1 Å². The van der Waals surface area contributed by atoms with Crippen molar-refractivity contribution in [2.75, 3.05) is 13.2 Å². The summed E-state index contributed by atoms with van der Waals surface area (Å²) in [4.78, 5) is 16.1. The summed E-state index contributed by atoms with van der Waals surface area (Å²) < 4.78 is 20.3. The van der Waals surface area contributed by atoms with Gasteiger partial charge in [0.05, 0.1) is 19.3 Å². The van der Waals surface area contributed by atoms with Crippen LogP contribution in [0.1, 0.15) is 89.4 Å². The molecule has 6 aliphatic rings. The van der Waals surface area contributed by atoms with Gasteiger partial charge in [-0.25, -0.2) is 0 Å². The number of benzene rings is 2. The number of carbonyl (C=O) groups excluding carboxylic acids is 1. The van der Waals surface area contributed by atoms with Crippen LogP contribution in [0.15, 0.2) is 85.0 Å². The Kier molecular flexibility index (Phi) is 8.28. The lowest BCUT2D eigenvalue weighted by molar-refractivity contribution is -0.255. The molecule has 1 saturated heterocycles. The fourth-order valence-electron chi connectivity index (χ4n) is 12.1. The standard InChI is InChI=1S/C43H54O5/c1-5-29(22-30-17-18-30)23-37(44)41-26-34-28(4)16-19-35(34)42(40-46-20-21-47-40)25-33(41)24-36(27(2)3)43(41,42)39(45)48-38(31-12-8-6-9-13-31)32-14-10-7-11-15-32/h5-15,24,27-30,33-35,37-38,40,44H,1,16-23,25-26H2,2-4H3/t28-,29+,33?,34-,35-,37?,41?,42?,43?/m1/s1. The van der Waals surface area contributed by atoms with Crippen molar-refractivity contribution in [3.05, 3.63) is 96.1 Å². The number of aliphatic hydroxyl groups is 1. The van der Waals surface area contributed by atoms with Crippen molar-refractivity contribution in [2.45, 2.75) is 90.6 Å². The average Bonchev–Trinajstić information content (AvgIpc) is 3.41. The number of ether oxygens (including phenoxy) is 3. The fraction of sp³-hybridized carbons (Fsp3) is 0.605. The van der Waals surface area contributed by atoms with E-state index in [1.165, 1.54) is 12.8 Å². The number of fused-ring (bicyclic) bond motifs is 2. The Morgan fingerprint density at radius 2 is 1.62 bits per heavy atom. The molecule has 48 heavy (non-hydrogen) atoms. The molecule has 1 N–H and O–H groups in total. The van der Waals surface area contributed by atoms with Crippen LogP contribution in [-0.2, 0) is 19.0 Å². The molecule has 0 aromatic heterocycles. The van der Waals surface area contributed by atoms with Gasteiger partial charge in [0.1, 0.15) is 5.41 Å². The molecule has 5 unspecified atom stereocenters. The summed E-state index contributed by atoms with van der Waals surface area (Å²) in [6.07, 6.45) is 10.7. The van der Waals surface area contributed by atoms with Crippen molar-refractivity contribution in [1.82, 2.24) is 0 Å². The second-order valence-corrected chi connectivity index (χ2v) is 16.6. The van der Waals surface area contributed by atoms with Gasteiger partial charge in [0.2, 0.25) is 0 Å². The molecule has 5 aliphatic carbocycles. The molecule has 5 heteroatoms. The quantitative estimate of drug-likeness (QED) is 0.184. The van der Waals surface area contributed by atoms with Gasteiger partial charge in [0.25, 0.3) is 0 Å². The normalized spacial score (nSPS) is 36.7. The van der Waals surface area contributed by atoms with Crippen molar-refractivity contribution in [2.24, 2.45) is 57.7 Å². The first-order valence-corrected chi connectivity index (χ1v) is 18.8. The molecule has 5 nitrogen and oxygen atoms in total. The number of carbonyl (C=O) groups is 1. The second kappa shape index (κ2) is 12.2. The molecular weight excluding hydrogens is 596 g/mol. The van der Waals surface area contributed by atoms with Gasteiger partial charge in [0.15, 0.2) is 12.4 Å². The fourth-order valence-corrected chi connectivity index (χ4v) is 12.1. The van der Waals surface area contributed by atoms with Crippen molar-refractivity contribution >= 4 is 5.97 Å². The number of aliphatic hydroxyl groups excluding tert-OH is 1. The topological polar surface area (TPSA) is 65.0 Å².